The fraction of sp³-hybridized carbons (Fsp3) is 0.750. The molecule has 0 saturated carbocycles. The number of hydrogen-bond donors (Lipinski definition) is 3. The maximum atomic E-state index is 11.8. The lowest BCUT2D eigenvalue weighted by atomic mass is 9.93. The van der Waals surface area contributed by atoms with E-state index >= 15 is 0 Å². The molecular formula is C12H23N3O4. The molecule has 110 valence electrons. The quantitative estimate of drug-likeness (QED) is 0.652. The molecule has 7 heteroatoms. The maximum Gasteiger partial charge on any atom is 0.329 e. The van der Waals surface area contributed by atoms with Crippen LogP contribution in [0.4, 0.5) is 4.79 Å². The van der Waals surface area contributed by atoms with E-state index in [4.69, 9.17) is 0 Å². The number of rotatable bonds is 6. The fourth-order valence-electron chi connectivity index (χ4n) is 1.68. The molecule has 0 saturated heterocycles. The van der Waals surface area contributed by atoms with E-state index < -0.39 is 23.6 Å². The molecule has 0 aromatic carbocycles. The summed E-state index contributed by atoms with van der Waals surface area (Å²) >= 11 is 0. The Bertz CT molecular complexity index is 351. The van der Waals surface area contributed by atoms with Crippen molar-refractivity contribution in [3.8, 4) is 0 Å². The number of amides is 3. The highest BCUT2D eigenvalue weighted by Gasteiger charge is 2.36. The van der Waals surface area contributed by atoms with E-state index in [9.17, 15) is 19.5 Å². The summed E-state index contributed by atoms with van der Waals surface area (Å²) in [6, 6.07) is -1.37. The Morgan fingerprint density at radius 1 is 1.21 bits per heavy atom. The number of aliphatic carboxylic acids is 1. The predicted molar refractivity (Wildman–Crippen MR) is 70.8 cm³/mol. The summed E-state index contributed by atoms with van der Waals surface area (Å²) in [5.41, 5.74) is -1.30. The molecule has 3 N–H and O–H groups in total. The lowest BCUT2D eigenvalue weighted by Gasteiger charge is -2.29. The van der Waals surface area contributed by atoms with Gasteiger partial charge in [-0.1, -0.05) is 13.8 Å². The second kappa shape index (κ2) is 6.96. The van der Waals surface area contributed by atoms with Crippen LogP contribution in [0, 0.1) is 0 Å². The molecule has 1 unspecified atom stereocenters. The van der Waals surface area contributed by atoms with Gasteiger partial charge in [-0.05, 0) is 19.8 Å². The molecule has 0 fully saturated rings. The first-order valence-electron chi connectivity index (χ1n) is 6.23. The predicted octanol–water partition coefficient (Wildman–Crippen LogP) is 0.406. The van der Waals surface area contributed by atoms with Crippen molar-refractivity contribution in [1.82, 2.24) is 15.5 Å². The lowest BCUT2D eigenvalue weighted by Crippen LogP contribution is -2.58. The third-order valence-corrected chi connectivity index (χ3v) is 3.13. The number of hydrogen-bond acceptors (Lipinski definition) is 3. The van der Waals surface area contributed by atoms with Gasteiger partial charge in [0.25, 0.3) is 0 Å². The summed E-state index contributed by atoms with van der Waals surface area (Å²) in [6.07, 6.45) is 0.532. The monoisotopic (exact) mass is 273 g/mol. The Morgan fingerprint density at radius 2 is 1.68 bits per heavy atom. The summed E-state index contributed by atoms with van der Waals surface area (Å²) in [5, 5.41) is 14.1. The van der Waals surface area contributed by atoms with Gasteiger partial charge in [0.1, 0.15) is 11.6 Å². The number of carboxylic acid groups (broad SMARTS) is 1. The Balaban J connectivity index is 4.69. The first kappa shape index (κ1) is 17.2. The van der Waals surface area contributed by atoms with E-state index in [2.05, 4.69) is 10.6 Å². The van der Waals surface area contributed by atoms with Crippen molar-refractivity contribution in [2.24, 2.45) is 0 Å². The summed E-state index contributed by atoms with van der Waals surface area (Å²) in [6.45, 7) is 4.92. The molecular weight excluding hydrogens is 250 g/mol. The summed E-state index contributed by atoms with van der Waals surface area (Å²) in [4.78, 5) is 35.9. The minimum atomic E-state index is -1.30. The molecule has 0 aliphatic heterocycles. The van der Waals surface area contributed by atoms with Crippen molar-refractivity contribution < 1.29 is 19.5 Å². The van der Waals surface area contributed by atoms with E-state index in [-0.39, 0.29) is 18.7 Å². The van der Waals surface area contributed by atoms with Gasteiger partial charge in [-0.25, -0.2) is 9.59 Å². The Hall–Kier alpha value is -1.79. The molecule has 0 aromatic rings. The molecule has 19 heavy (non-hydrogen) atoms. The van der Waals surface area contributed by atoms with Crippen LogP contribution < -0.4 is 10.6 Å². The molecule has 3 amide bonds. The van der Waals surface area contributed by atoms with Gasteiger partial charge in [0.05, 0.1) is 0 Å². The van der Waals surface area contributed by atoms with Crippen molar-refractivity contribution in [2.75, 3.05) is 14.1 Å². The fourth-order valence-corrected chi connectivity index (χ4v) is 1.68. The Labute approximate surface area is 113 Å². The lowest BCUT2D eigenvalue weighted by molar-refractivity contribution is -0.144. The highest BCUT2D eigenvalue weighted by Crippen LogP contribution is 2.15. The molecule has 0 aliphatic rings. The van der Waals surface area contributed by atoms with E-state index in [1.807, 2.05) is 0 Å². The second-order valence-corrected chi connectivity index (χ2v) is 4.65. The van der Waals surface area contributed by atoms with Crippen LogP contribution in [-0.2, 0) is 9.59 Å². The Kier molecular flexibility index (Phi) is 6.31. The molecule has 7 nitrogen and oxygen atoms in total. The number of likely N-dealkylation sites (N-methyl/N-ethyl adjacent to an activating group) is 1. The highest BCUT2D eigenvalue weighted by atomic mass is 16.4. The molecule has 0 aromatic heterocycles. The first-order chi connectivity index (χ1) is 8.70. The van der Waals surface area contributed by atoms with Crippen LogP contribution in [0.1, 0.15) is 33.6 Å². The Morgan fingerprint density at radius 3 is 2.00 bits per heavy atom. The number of urea groups is 1. The van der Waals surface area contributed by atoms with E-state index in [1.54, 1.807) is 34.9 Å². The number of carbonyl (C=O) groups is 3. The summed E-state index contributed by atoms with van der Waals surface area (Å²) in [5.74, 6) is -1.34. The SMILES string of the molecule is CCC(CC)(NC(=O)NC(C)C(=O)N(C)C)C(=O)O. The second-order valence-electron chi connectivity index (χ2n) is 4.65. The van der Waals surface area contributed by atoms with Gasteiger partial charge in [0.15, 0.2) is 0 Å². The van der Waals surface area contributed by atoms with Crippen LogP contribution in [0.25, 0.3) is 0 Å². The highest BCUT2D eigenvalue weighted by molar-refractivity contribution is 5.89. The molecule has 1 atom stereocenters. The third kappa shape index (κ3) is 4.42. The van der Waals surface area contributed by atoms with Gasteiger partial charge >= 0.3 is 12.0 Å². The third-order valence-electron chi connectivity index (χ3n) is 3.13. The van der Waals surface area contributed by atoms with Crippen molar-refractivity contribution in [1.29, 1.82) is 0 Å². The van der Waals surface area contributed by atoms with E-state index in [0.29, 0.717) is 0 Å². The van der Waals surface area contributed by atoms with Crippen molar-refractivity contribution in [3.05, 3.63) is 0 Å². The molecule has 0 rings (SSSR count). The van der Waals surface area contributed by atoms with Gasteiger partial charge in [0.2, 0.25) is 5.91 Å². The average Bonchev–Trinajstić information content (AvgIpc) is 2.34. The first-order valence-corrected chi connectivity index (χ1v) is 6.23. The minimum absolute atomic E-state index is 0.260. The van der Waals surface area contributed by atoms with Crippen molar-refractivity contribution >= 4 is 17.9 Å². The summed E-state index contributed by atoms with van der Waals surface area (Å²) < 4.78 is 0. The zero-order valence-electron chi connectivity index (χ0n) is 12.1. The zero-order valence-corrected chi connectivity index (χ0v) is 12.1. The van der Waals surface area contributed by atoms with Gasteiger partial charge in [-0.3, -0.25) is 4.79 Å². The van der Waals surface area contributed by atoms with Crippen molar-refractivity contribution in [2.45, 2.75) is 45.2 Å². The number of carbonyl (C=O) groups excluding carboxylic acids is 2. The standard InChI is InChI=1S/C12H23N3O4/c1-6-12(7-2,10(17)18)14-11(19)13-8(3)9(16)15(4)5/h8H,6-7H2,1-5H3,(H,17,18)(H2,13,14,19). The van der Waals surface area contributed by atoms with Gasteiger partial charge < -0.3 is 20.6 Å². The minimum Gasteiger partial charge on any atom is -0.480 e. The van der Waals surface area contributed by atoms with E-state index in [0.717, 1.165) is 0 Å². The molecule has 0 spiro atoms. The van der Waals surface area contributed by atoms with Gasteiger partial charge in [-0.2, -0.15) is 0 Å². The van der Waals surface area contributed by atoms with Crippen LogP contribution in [0.2, 0.25) is 0 Å². The molecule has 0 bridgehead atoms. The van der Waals surface area contributed by atoms with Gasteiger partial charge in [-0.15, -0.1) is 0 Å². The van der Waals surface area contributed by atoms with Crippen LogP contribution in [-0.4, -0.2) is 53.6 Å². The van der Waals surface area contributed by atoms with Crippen LogP contribution in [0.15, 0.2) is 0 Å². The smallest absolute Gasteiger partial charge is 0.329 e. The van der Waals surface area contributed by atoms with Crippen LogP contribution in [0.3, 0.4) is 0 Å². The van der Waals surface area contributed by atoms with Crippen LogP contribution >= 0.6 is 0 Å². The van der Waals surface area contributed by atoms with E-state index in [1.165, 1.54) is 4.90 Å². The molecule has 0 aliphatic carbocycles. The number of carboxylic acids is 1. The number of nitrogens with zero attached hydrogens (tertiary/aromatic N) is 1. The normalized spacial score (nSPS) is 12.5. The molecule has 0 heterocycles. The summed E-state index contributed by atoms with van der Waals surface area (Å²) in [7, 11) is 3.16. The van der Waals surface area contributed by atoms with Crippen LogP contribution in [0.5, 0.6) is 0 Å². The number of nitrogens with one attached hydrogen (secondary N) is 2. The maximum absolute atomic E-state index is 11.8. The zero-order chi connectivity index (χ0) is 15.2. The average molecular weight is 273 g/mol. The topological polar surface area (TPSA) is 98.7 Å². The van der Waals surface area contributed by atoms with Gasteiger partial charge in [0, 0.05) is 14.1 Å². The van der Waals surface area contributed by atoms with Crippen molar-refractivity contribution in [3.63, 3.8) is 0 Å². The molecule has 0 radical (unpaired) electrons. The largest absolute Gasteiger partial charge is 0.480 e.